The highest BCUT2D eigenvalue weighted by molar-refractivity contribution is 6.30. The number of imidazole rings is 1. The molecule has 0 aliphatic carbocycles. The van der Waals surface area contributed by atoms with E-state index in [0.717, 1.165) is 44.4 Å². The zero-order chi connectivity index (χ0) is 20.5. The molecule has 5 heteroatoms. The Bertz CT molecular complexity index is 1130. The van der Waals surface area contributed by atoms with Crippen molar-refractivity contribution < 1.29 is 0 Å². The third-order valence-corrected chi connectivity index (χ3v) is 5.73. The molecule has 0 aliphatic rings. The van der Waals surface area contributed by atoms with E-state index < -0.39 is 0 Å². The van der Waals surface area contributed by atoms with Crippen LogP contribution in [0.15, 0.2) is 60.8 Å². The number of hydrogen-bond acceptors (Lipinski definition) is 3. The van der Waals surface area contributed by atoms with Crippen molar-refractivity contribution in [2.75, 3.05) is 5.32 Å². The van der Waals surface area contributed by atoms with Gasteiger partial charge in [0.05, 0.1) is 16.7 Å². The molecular formula is C24H25ClN4. The Morgan fingerprint density at radius 1 is 0.897 bits per heavy atom. The second-order valence-corrected chi connectivity index (χ2v) is 8.25. The first-order chi connectivity index (χ1) is 13.9. The molecule has 29 heavy (non-hydrogen) atoms. The van der Waals surface area contributed by atoms with Gasteiger partial charge in [0, 0.05) is 35.4 Å². The van der Waals surface area contributed by atoms with Crippen LogP contribution in [0.5, 0.6) is 0 Å². The Morgan fingerprint density at radius 2 is 1.59 bits per heavy atom. The average molecular weight is 405 g/mol. The minimum atomic E-state index is 0.354. The number of rotatable bonds is 5. The van der Waals surface area contributed by atoms with E-state index in [2.05, 4.69) is 59.9 Å². The first kappa shape index (κ1) is 19.5. The standard InChI is InChI=1S/C24H25ClN4/c1-15(2)16(3)27-24-28-22-13-18(8-12-23(22)29(24)4)21-11-7-19(14-26-21)17-5-9-20(25)10-6-17/h5-16H,1-4H3,(H,27,28). The summed E-state index contributed by atoms with van der Waals surface area (Å²) in [6.45, 7) is 6.59. The van der Waals surface area contributed by atoms with E-state index in [9.17, 15) is 0 Å². The van der Waals surface area contributed by atoms with Gasteiger partial charge in [-0.05, 0) is 48.7 Å². The number of nitrogens with zero attached hydrogens (tertiary/aromatic N) is 3. The van der Waals surface area contributed by atoms with Gasteiger partial charge in [-0.2, -0.15) is 0 Å². The molecule has 1 N–H and O–H groups in total. The molecule has 0 radical (unpaired) electrons. The normalized spacial score (nSPS) is 12.5. The Balaban J connectivity index is 1.63. The zero-order valence-corrected chi connectivity index (χ0v) is 17.9. The van der Waals surface area contributed by atoms with Crippen LogP contribution >= 0.6 is 11.6 Å². The maximum Gasteiger partial charge on any atom is 0.203 e. The third kappa shape index (κ3) is 3.99. The van der Waals surface area contributed by atoms with E-state index in [4.69, 9.17) is 16.6 Å². The summed E-state index contributed by atoms with van der Waals surface area (Å²) < 4.78 is 2.11. The van der Waals surface area contributed by atoms with Crippen molar-refractivity contribution in [1.82, 2.24) is 14.5 Å². The molecule has 0 saturated carbocycles. The first-order valence-electron chi connectivity index (χ1n) is 9.88. The van der Waals surface area contributed by atoms with Gasteiger partial charge in [0.25, 0.3) is 0 Å². The predicted octanol–water partition coefficient (Wildman–Crippen LogP) is 6.41. The van der Waals surface area contributed by atoms with Gasteiger partial charge in [-0.25, -0.2) is 4.98 Å². The maximum absolute atomic E-state index is 5.98. The fourth-order valence-electron chi connectivity index (χ4n) is 3.24. The van der Waals surface area contributed by atoms with E-state index in [1.54, 1.807) is 0 Å². The fraction of sp³-hybridized carbons (Fsp3) is 0.250. The molecule has 0 fully saturated rings. The number of pyridine rings is 1. The van der Waals surface area contributed by atoms with Gasteiger partial charge >= 0.3 is 0 Å². The van der Waals surface area contributed by atoms with Crippen molar-refractivity contribution in [1.29, 1.82) is 0 Å². The lowest BCUT2D eigenvalue weighted by Crippen LogP contribution is -2.23. The molecule has 2 heterocycles. The number of halogens is 1. The van der Waals surface area contributed by atoms with Crippen molar-refractivity contribution in [3.63, 3.8) is 0 Å². The van der Waals surface area contributed by atoms with Crippen molar-refractivity contribution >= 4 is 28.6 Å². The van der Waals surface area contributed by atoms with Crippen LogP contribution in [0.2, 0.25) is 5.02 Å². The molecule has 0 spiro atoms. The lowest BCUT2D eigenvalue weighted by molar-refractivity contribution is 0.554. The van der Waals surface area contributed by atoms with E-state index in [1.165, 1.54) is 0 Å². The van der Waals surface area contributed by atoms with Crippen LogP contribution in [0.4, 0.5) is 5.95 Å². The zero-order valence-electron chi connectivity index (χ0n) is 17.1. The summed E-state index contributed by atoms with van der Waals surface area (Å²) in [5.74, 6) is 1.43. The fourth-order valence-corrected chi connectivity index (χ4v) is 3.36. The quantitative estimate of drug-likeness (QED) is 0.417. The Hall–Kier alpha value is -2.85. The lowest BCUT2D eigenvalue weighted by atomic mass is 10.1. The summed E-state index contributed by atoms with van der Waals surface area (Å²) in [5.41, 5.74) is 6.22. The van der Waals surface area contributed by atoms with Crippen molar-refractivity contribution in [2.24, 2.45) is 13.0 Å². The lowest BCUT2D eigenvalue weighted by Gasteiger charge is -2.17. The second-order valence-electron chi connectivity index (χ2n) is 7.81. The number of benzene rings is 2. The van der Waals surface area contributed by atoms with Crippen LogP contribution in [0.3, 0.4) is 0 Å². The molecular weight excluding hydrogens is 380 g/mol. The molecule has 4 aromatic rings. The molecule has 0 bridgehead atoms. The number of aryl methyl sites for hydroxylation is 1. The van der Waals surface area contributed by atoms with E-state index in [1.807, 2.05) is 43.6 Å². The first-order valence-corrected chi connectivity index (χ1v) is 10.3. The topological polar surface area (TPSA) is 42.7 Å². The van der Waals surface area contributed by atoms with Gasteiger partial charge in [0.1, 0.15) is 0 Å². The van der Waals surface area contributed by atoms with Crippen LogP contribution < -0.4 is 5.32 Å². The number of fused-ring (bicyclic) bond motifs is 1. The monoisotopic (exact) mass is 404 g/mol. The summed E-state index contributed by atoms with van der Waals surface area (Å²) in [6.07, 6.45) is 1.90. The van der Waals surface area contributed by atoms with Gasteiger partial charge in [-0.15, -0.1) is 0 Å². The average Bonchev–Trinajstić information content (AvgIpc) is 3.03. The number of nitrogens with one attached hydrogen (secondary N) is 1. The summed E-state index contributed by atoms with van der Waals surface area (Å²) in [7, 11) is 2.05. The third-order valence-electron chi connectivity index (χ3n) is 5.47. The minimum absolute atomic E-state index is 0.354. The van der Waals surface area contributed by atoms with Crippen LogP contribution in [-0.4, -0.2) is 20.6 Å². The highest BCUT2D eigenvalue weighted by Gasteiger charge is 2.13. The molecule has 148 valence electrons. The summed E-state index contributed by atoms with van der Waals surface area (Å²) in [6, 6.07) is 18.6. The van der Waals surface area contributed by atoms with Gasteiger partial charge in [-0.3, -0.25) is 4.98 Å². The summed E-state index contributed by atoms with van der Waals surface area (Å²) in [5, 5.41) is 4.25. The molecule has 0 amide bonds. The molecule has 4 nitrogen and oxygen atoms in total. The Morgan fingerprint density at radius 3 is 2.24 bits per heavy atom. The second kappa shape index (κ2) is 7.88. The highest BCUT2D eigenvalue weighted by Crippen LogP contribution is 2.27. The number of aromatic nitrogens is 3. The summed E-state index contributed by atoms with van der Waals surface area (Å²) >= 11 is 5.98. The van der Waals surface area contributed by atoms with Crippen LogP contribution in [0.1, 0.15) is 20.8 Å². The molecule has 2 aromatic heterocycles. The van der Waals surface area contributed by atoms with Gasteiger partial charge < -0.3 is 9.88 Å². The van der Waals surface area contributed by atoms with Crippen molar-refractivity contribution in [3.05, 3.63) is 65.8 Å². The molecule has 2 aromatic carbocycles. The SMILES string of the molecule is CC(C)C(C)Nc1nc2cc(-c3ccc(-c4ccc(Cl)cc4)cn3)ccc2n1C. The van der Waals surface area contributed by atoms with E-state index in [-0.39, 0.29) is 0 Å². The van der Waals surface area contributed by atoms with Gasteiger partial charge in [0.2, 0.25) is 5.95 Å². The molecule has 4 rings (SSSR count). The predicted molar refractivity (Wildman–Crippen MR) is 122 cm³/mol. The van der Waals surface area contributed by atoms with Crippen LogP contribution in [0, 0.1) is 5.92 Å². The molecule has 1 atom stereocenters. The molecule has 1 unspecified atom stereocenters. The van der Waals surface area contributed by atoms with Crippen LogP contribution in [0.25, 0.3) is 33.4 Å². The molecule has 0 saturated heterocycles. The van der Waals surface area contributed by atoms with Gasteiger partial charge in [0.15, 0.2) is 0 Å². The Kier molecular flexibility index (Phi) is 5.29. The largest absolute Gasteiger partial charge is 0.353 e. The smallest absolute Gasteiger partial charge is 0.203 e. The van der Waals surface area contributed by atoms with Gasteiger partial charge in [-0.1, -0.05) is 49.7 Å². The van der Waals surface area contributed by atoms with E-state index in [0.29, 0.717) is 12.0 Å². The Labute approximate surface area is 176 Å². The van der Waals surface area contributed by atoms with Crippen molar-refractivity contribution in [2.45, 2.75) is 26.8 Å². The van der Waals surface area contributed by atoms with E-state index >= 15 is 0 Å². The number of hydrogen-bond donors (Lipinski definition) is 1. The number of anilines is 1. The van der Waals surface area contributed by atoms with Crippen molar-refractivity contribution in [3.8, 4) is 22.4 Å². The summed E-state index contributed by atoms with van der Waals surface area (Å²) in [4.78, 5) is 9.48. The highest BCUT2D eigenvalue weighted by atomic mass is 35.5. The van der Waals surface area contributed by atoms with Crippen LogP contribution in [-0.2, 0) is 7.05 Å². The minimum Gasteiger partial charge on any atom is -0.353 e. The molecule has 0 aliphatic heterocycles. The maximum atomic E-state index is 5.98.